The Morgan fingerprint density at radius 1 is 1.33 bits per heavy atom. The quantitative estimate of drug-likeness (QED) is 0.835. The van der Waals surface area contributed by atoms with E-state index in [1.54, 1.807) is 0 Å². The number of rotatable bonds is 3. The van der Waals surface area contributed by atoms with Gasteiger partial charge in [-0.3, -0.25) is 0 Å². The summed E-state index contributed by atoms with van der Waals surface area (Å²) in [7, 11) is 0. The summed E-state index contributed by atoms with van der Waals surface area (Å²) in [6.45, 7) is 0. The van der Waals surface area contributed by atoms with E-state index in [9.17, 15) is 4.79 Å². The molecule has 0 bridgehead atoms. The molecule has 1 aliphatic rings. The molecule has 1 aromatic rings. The van der Waals surface area contributed by atoms with E-state index in [1.165, 1.54) is 18.1 Å². The number of carboxylic acid groups (broad SMARTS) is 1. The first-order valence-corrected chi connectivity index (χ1v) is 6.71. The largest absolute Gasteiger partial charge is 0.478 e. The lowest BCUT2D eigenvalue weighted by molar-refractivity contribution is -0.131. The predicted octanol–water partition coefficient (Wildman–Crippen LogP) is 4.08. The number of carboxylic acids is 1. The van der Waals surface area contributed by atoms with Crippen LogP contribution < -0.4 is 0 Å². The topological polar surface area (TPSA) is 37.3 Å². The fraction of sp³-hybridized carbons (Fsp3) is 0.400. The van der Waals surface area contributed by atoms with Crippen molar-refractivity contribution < 1.29 is 9.90 Å². The molecule has 2 nitrogen and oxygen atoms in total. The van der Waals surface area contributed by atoms with E-state index < -0.39 is 5.97 Å². The van der Waals surface area contributed by atoms with E-state index in [4.69, 9.17) is 16.7 Å². The molecule has 0 aromatic heterocycles. The number of allylic oxidation sites excluding steroid dienone is 1. The average molecular weight is 265 g/mol. The second kappa shape index (κ2) is 6.05. The van der Waals surface area contributed by atoms with Gasteiger partial charge in [0, 0.05) is 11.1 Å². The molecule has 0 unspecified atom stereocenters. The summed E-state index contributed by atoms with van der Waals surface area (Å²) in [5.74, 6) is -0.455. The average Bonchev–Trinajstić information content (AvgIpc) is 2.34. The number of benzene rings is 1. The molecule has 1 N–H and O–H groups in total. The van der Waals surface area contributed by atoms with Gasteiger partial charge < -0.3 is 5.11 Å². The Labute approximate surface area is 112 Å². The van der Waals surface area contributed by atoms with Crippen molar-refractivity contribution in [2.45, 2.75) is 32.1 Å². The van der Waals surface area contributed by atoms with Crippen LogP contribution in [0.4, 0.5) is 0 Å². The Morgan fingerprint density at radius 3 is 2.72 bits per heavy atom. The van der Waals surface area contributed by atoms with Gasteiger partial charge >= 0.3 is 5.97 Å². The van der Waals surface area contributed by atoms with Crippen molar-refractivity contribution >= 4 is 17.6 Å². The normalized spacial score (nSPS) is 22.1. The van der Waals surface area contributed by atoms with Crippen LogP contribution in [0, 0.1) is 5.92 Å². The van der Waals surface area contributed by atoms with Crippen molar-refractivity contribution in [3.63, 3.8) is 0 Å². The molecule has 0 spiro atoms. The van der Waals surface area contributed by atoms with Gasteiger partial charge in [-0.15, -0.1) is 0 Å². The molecule has 0 heterocycles. The summed E-state index contributed by atoms with van der Waals surface area (Å²) in [5, 5.41) is 9.63. The van der Waals surface area contributed by atoms with Gasteiger partial charge in [0.2, 0.25) is 0 Å². The third kappa shape index (κ3) is 3.61. The summed E-state index contributed by atoms with van der Waals surface area (Å²) in [5.41, 5.74) is 2.31. The summed E-state index contributed by atoms with van der Waals surface area (Å²) in [6.07, 6.45) is 6.62. The van der Waals surface area contributed by atoms with Gasteiger partial charge in [-0.1, -0.05) is 35.7 Å². The Hall–Kier alpha value is -1.28. The van der Waals surface area contributed by atoms with E-state index in [2.05, 4.69) is 0 Å². The summed E-state index contributed by atoms with van der Waals surface area (Å²) in [4.78, 5) is 10.8. The van der Waals surface area contributed by atoms with Crippen molar-refractivity contribution in [3.05, 3.63) is 46.5 Å². The molecule has 3 heteroatoms. The molecule has 1 fully saturated rings. The maximum absolute atomic E-state index is 10.8. The van der Waals surface area contributed by atoms with Crippen LogP contribution in [0.1, 0.15) is 31.2 Å². The second-order valence-corrected chi connectivity index (χ2v) is 5.27. The zero-order valence-corrected chi connectivity index (χ0v) is 11.0. The smallest absolute Gasteiger partial charge is 0.328 e. The number of carbonyl (C=O) groups is 1. The summed E-state index contributed by atoms with van der Waals surface area (Å²) in [6, 6.07) is 7.82. The third-order valence-electron chi connectivity index (χ3n) is 3.50. The Balaban J connectivity index is 2.10. The molecule has 0 saturated heterocycles. The lowest BCUT2D eigenvalue weighted by atomic mass is 9.80. The monoisotopic (exact) mass is 264 g/mol. The molecule has 0 amide bonds. The first-order valence-electron chi connectivity index (χ1n) is 6.33. The van der Waals surface area contributed by atoms with Crippen LogP contribution >= 0.6 is 11.6 Å². The van der Waals surface area contributed by atoms with Gasteiger partial charge in [0.1, 0.15) is 0 Å². The van der Waals surface area contributed by atoms with Crippen LogP contribution in [0.25, 0.3) is 0 Å². The highest BCUT2D eigenvalue weighted by Gasteiger charge is 2.20. The number of hydrogen-bond acceptors (Lipinski definition) is 1. The van der Waals surface area contributed by atoms with Crippen LogP contribution in [0.5, 0.6) is 0 Å². The lowest BCUT2D eigenvalue weighted by Gasteiger charge is -2.25. The van der Waals surface area contributed by atoms with E-state index >= 15 is 0 Å². The van der Waals surface area contributed by atoms with Crippen molar-refractivity contribution in [3.8, 4) is 0 Å². The number of aliphatic carboxylic acids is 1. The molecular formula is C15H17ClO2. The van der Waals surface area contributed by atoms with Gasteiger partial charge in [-0.25, -0.2) is 4.79 Å². The van der Waals surface area contributed by atoms with Crippen LogP contribution in [0.2, 0.25) is 5.02 Å². The molecule has 96 valence electrons. The fourth-order valence-corrected chi connectivity index (χ4v) is 2.72. The highest BCUT2D eigenvalue weighted by atomic mass is 35.5. The minimum absolute atomic E-state index is 0.371. The van der Waals surface area contributed by atoms with Gasteiger partial charge in [0.25, 0.3) is 0 Å². The van der Waals surface area contributed by atoms with Gasteiger partial charge in [0.15, 0.2) is 0 Å². The maximum atomic E-state index is 10.8. The van der Waals surface area contributed by atoms with Crippen molar-refractivity contribution in [2.75, 3.05) is 0 Å². The van der Waals surface area contributed by atoms with E-state index in [0.29, 0.717) is 5.92 Å². The molecule has 1 atom stereocenters. The zero-order valence-electron chi connectivity index (χ0n) is 10.2. The zero-order chi connectivity index (χ0) is 13.0. The molecule has 0 radical (unpaired) electrons. The van der Waals surface area contributed by atoms with Crippen LogP contribution in [-0.2, 0) is 11.2 Å². The minimum atomic E-state index is -0.826. The van der Waals surface area contributed by atoms with Crippen molar-refractivity contribution in [2.24, 2.45) is 5.92 Å². The first-order chi connectivity index (χ1) is 8.65. The Bertz CT molecular complexity index is 448. The van der Waals surface area contributed by atoms with Crippen LogP contribution in [-0.4, -0.2) is 11.1 Å². The van der Waals surface area contributed by atoms with E-state index in [-0.39, 0.29) is 0 Å². The SMILES string of the molecule is O=C(O)C=C1CCCC[C@H]1Cc1ccc(Cl)cc1. The lowest BCUT2D eigenvalue weighted by Crippen LogP contribution is -2.14. The maximum Gasteiger partial charge on any atom is 0.328 e. The molecule has 2 rings (SSSR count). The third-order valence-corrected chi connectivity index (χ3v) is 3.75. The minimum Gasteiger partial charge on any atom is -0.478 e. The van der Waals surface area contributed by atoms with Crippen LogP contribution in [0.3, 0.4) is 0 Å². The van der Waals surface area contributed by atoms with Crippen molar-refractivity contribution in [1.29, 1.82) is 0 Å². The first kappa shape index (κ1) is 13.2. The summed E-state index contributed by atoms with van der Waals surface area (Å²) >= 11 is 5.86. The van der Waals surface area contributed by atoms with Gasteiger partial charge in [0.05, 0.1) is 0 Å². The predicted molar refractivity (Wildman–Crippen MR) is 72.8 cm³/mol. The molecule has 1 aromatic carbocycles. The second-order valence-electron chi connectivity index (χ2n) is 4.83. The molecule has 0 aliphatic heterocycles. The molecule has 1 saturated carbocycles. The molecular weight excluding hydrogens is 248 g/mol. The van der Waals surface area contributed by atoms with Crippen LogP contribution in [0.15, 0.2) is 35.9 Å². The Kier molecular flexibility index (Phi) is 4.43. The molecule has 18 heavy (non-hydrogen) atoms. The highest BCUT2D eigenvalue weighted by Crippen LogP contribution is 2.32. The van der Waals surface area contributed by atoms with Gasteiger partial charge in [-0.2, -0.15) is 0 Å². The number of halogens is 1. The standard InChI is InChI=1S/C15H17ClO2/c16-14-7-5-11(6-8-14)9-12-3-1-2-4-13(12)10-15(17)18/h5-8,10,12H,1-4,9H2,(H,17,18)/t12-/m0/s1. The van der Waals surface area contributed by atoms with Gasteiger partial charge in [-0.05, 0) is 49.3 Å². The van der Waals surface area contributed by atoms with E-state index in [0.717, 1.165) is 36.3 Å². The fourth-order valence-electron chi connectivity index (χ4n) is 2.60. The van der Waals surface area contributed by atoms with Crippen molar-refractivity contribution in [1.82, 2.24) is 0 Å². The van der Waals surface area contributed by atoms with E-state index in [1.807, 2.05) is 24.3 Å². The summed E-state index contributed by atoms with van der Waals surface area (Å²) < 4.78 is 0. The number of hydrogen-bond donors (Lipinski definition) is 1. The molecule has 1 aliphatic carbocycles. The highest BCUT2D eigenvalue weighted by molar-refractivity contribution is 6.30. The Morgan fingerprint density at radius 2 is 2.06 bits per heavy atom.